The summed E-state index contributed by atoms with van der Waals surface area (Å²) in [5, 5.41) is 4.59. The minimum Gasteiger partial charge on any atom is -0.484 e. The maximum absolute atomic E-state index is 11.4. The number of amides is 3. The van der Waals surface area contributed by atoms with Gasteiger partial charge in [0.1, 0.15) is 5.75 Å². The molecule has 0 heterocycles. The summed E-state index contributed by atoms with van der Waals surface area (Å²) in [6.07, 6.45) is 1.52. The highest BCUT2D eigenvalue weighted by atomic mass is 16.5. The number of urea groups is 1. The van der Waals surface area contributed by atoms with Gasteiger partial charge in [-0.3, -0.25) is 10.1 Å². The molecule has 0 spiro atoms. The second-order valence-electron chi connectivity index (χ2n) is 4.56. The smallest absolute Gasteiger partial charge is 0.321 e. The lowest BCUT2D eigenvalue weighted by Gasteiger charge is -2.09. The molecule has 0 bridgehead atoms. The molecule has 0 atom stereocenters. The van der Waals surface area contributed by atoms with Crippen molar-refractivity contribution in [2.75, 3.05) is 13.2 Å². The van der Waals surface area contributed by atoms with Crippen LogP contribution in [0.4, 0.5) is 4.79 Å². The lowest BCUT2D eigenvalue weighted by molar-refractivity contribution is -0.122. The lowest BCUT2D eigenvalue weighted by atomic mass is 10.0. The van der Waals surface area contributed by atoms with Crippen molar-refractivity contribution in [2.45, 2.75) is 19.8 Å². The summed E-state index contributed by atoms with van der Waals surface area (Å²) in [4.78, 5) is 22.6. The van der Waals surface area contributed by atoms with Gasteiger partial charge in [-0.25, -0.2) is 4.79 Å². The van der Waals surface area contributed by atoms with E-state index < -0.39 is 11.9 Å². The molecule has 108 valence electrons. The van der Waals surface area contributed by atoms with E-state index in [2.05, 4.69) is 31.1 Å². The molecule has 0 aliphatic carbocycles. The van der Waals surface area contributed by atoms with Gasteiger partial charge < -0.3 is 10.1 Å². The van der Waals surface area contributed by atoms with Crippen molar-refractivity contribution in [2.24, 2.45) is 0 Å². The van der Waals surface area contributed by atoms with E-state index in [1.807, 2.05) is 12.1 Å². The van der Waals surface area contributed by atoms with Gasteiger partial charge in [-0.05, 0) is 23.6 Å². The first-order chi connectivity index (χ1) is 9.52. The van der Waals surface area contributed by atoms with Gasteiger partial charge in [-0.15, -0.1) is 6.58 Å². The molecule has 1 aromatic carbocycles. The van der Waals surface area contributed by atoms with Crippen LogP contribution in [0.2, 0.25) is 0 Å². The van der Waals surface area contributed by atoms with E-state index in [0.29, 0.717) is 18.2 Å². The number of benzene rings is 1. The van der Waals surface area contributed by atoms with Crippen LogP contribution in [0.1, 0.15) is 25.3 Å². The molecule has 0 saturated carbocycles. The Hall–Kier alpha value is -2.30. The zero-order valence-corrected chi connectivity index (χ0v) is 11.8. The number of rotatable bonds is 6. The average Bonchev–Trinajstić information content (AvgIpc) is 2.43. The van der Waals surface area contributed by atoms with Gasteiger partial charge in [0.2, 0.25) is 0 Å². The molecule has 0 aliphatic rings. The SMILES string of the molecule is C=CCNC(=O)NC(=O)COc1ccc(C(C)C)cc1. The summed E-state index contributed by atoms with van der Waals surface area (Å²) >= 11 is 0. The van der Waals surface area contributed by atoms with Gasteiger partial charge in [0.05, 0.1) is 0 Å². The number of hydrogen-bond acceptors (Lipinski definition) is 3. The molecule has 1 aromatic rings. The topological polar surface area (TPSA) is 67.4 Å². The summed E-state index contributed by atoms with van der Waals surface area (Å²) in [7, 11) is 0. The number of imide groups is 1. The first-order valence-corrected chi connectivity index (χ1v) is 6.44. The van der Waals surface area contributed by atoms with Gasteiger partial charge in [-0.2, -0.15) is 0 Å². The molecule has 1 rings (SSSR count). The third-order valence-corrected chi connectivity index (χ3v) is 2.58. The van der Waals surface area contributed by atoms with Crippen LogP contribution in [0.3, 0.4) is 0 Å². The monoisotopic (exact) mass is 276 g/mol. The predicted octanol–water partition coefficient (Wildman–Crippen LogP) is 2.20. The number of nitrogens with one attached hydrogen (secondary N) is 2. The lowest BCUT2D eigenvalue weighted by Crippen LogP contribution is -2.41. The number of hydrogen-bond donors (Lipinski definition) is 2. The summed E-state index contributed by atoms with van der Waals surface area (Å²) in [6.45, 7) is 7.76. The zero-order chi connectivity index (χ0) is 15.0. The molecule has 0 radical (unpaired) electrons. The third kappa shape index (κ3) is 5.56. The zero-order valence-electron chi connectivity index (χ0n) is 11.8. The Morgan fingerprint density at radius 1 is 1.30 bits per heavy atom. The van der Waals surface area contributed by atoms with E-state index in [-0.39, 0.29) is 6.61 Å². The first-order valence-electron chi connectivity index (χ1n) is 6.44. The fraction of sp³-hybridized carbons (Fsp3) is 0.333. The molecule has 20 heavy (non-hydrogen) atoms. The fourth-order valence-electron chi connectivity index (χ4n) is 1.47. The van der Waals surface area contributed by atoms with Gasteiger partial charge in [-0.1, -0.05) is 32.1 Å². The van der Waals surface area contributed by atoms with E-state index >= 15 is 0 Å². The van der Waals surface area contributed by atoms with Crippen LogP contribution in [-0.4, -0.2) is 25.1 Å². The highest BCUT2D eigenvalue weighted by Crippen LogP contribution is 2.18. The number of carbonyl (C=O) groups is 2. The van der Waals surface area contributed by atoms with Crippen molar-refractivity contribution < 1.29 is 14.3 Å². The highest BCUT2D eigenvalue weighted by Gasteiger charge is 2.07. The van der Waals surface area contributed by atoms with Gasteiger partial charge >= 0.3 is 6.03 Å². The van der Waals surface area contributed by atoms with E-state index in [9.17, 15) is 9.59 Å². The summed E-state index contributed by atoms with van der Waals surface area (Å²) in [6, 6.07) is 6.96. The van der Waals surface area contributed by atoms with Gasteiger partial charge in [0, 0.05) is 6.54 Å². The molecule has 0 saturated heterocycles. The Morgan fingerprint density at radius 2 is 1.95 bits per heavy atom. The molecule has 5 heteroatoms. The summed E-state index contributed by atoms with van der Waals surface area (Å²) in [5.74, 6) is 0.538. The van der Waals surface area contributed by atoms with Gasteiger partial charge in [0.25, 0.3) is 5.91 Å². The molecule has 5 nitrogen and oxygen atoms in total. The van der Waals surface area contributed by atoms with Gasteiger partial charge in [0.15, 0.2) is 6.61 Å². The van der Waals surface area contributed by atoms with Crippen molar-refractivity contribution in [3.05, 3.63) is 42.5 Å². The van der Waals surface area contributed by atoms with Crippen molar-refractivity contribution in [1.82, 2.24) is 10.6 Å². The third-order valence-electron chi connectivity index (χ3n) is 2.58. The maximum Gasteiger partial charge on any atom is 0.321 e. The fourth-order valence-corrected chi connectivity index (χ4v) is 1.47. The first kappa shape index (κ1) is 15.8. The summed E-state index contributed by atoms with van der Waals surface area (Å²) < 4.78 is 5.30. The van der Waals surface area contributed by atoms with Crippen LogP contribution in [0.25, 0.3) is 0 Å². The second kappa shape index (κ2) is 7.99. The van der Waals surface area contributed by atoms with E-state index in [1.54, 1.807) is 12.1 Å². The molecular formula is C15H20N2O3. The Kier molecular flexibility index (Phi) is 6.29. The van der Waals surface area contributed by atoms with Crippen LogP contribution in [0.5, 0.6) is 5.75 Å². The molecule has 2 N–H and O–H groups in total. The van der Waals surface area contributed by atoms with Crippen LogP contribution in [0, 0.1) is 0 Å². The standard InChI is InChI=1S/C15H20N2O3/c1-4-9-16-15(19)17-14(18)10-20-13-7-5-12(6-8-13)11(2)3/h4-8,11H,1,9-10H2,2-3H3,(H2,16,17,18,19). The van der Waals surface area contributed by atoms with Crippen molar-refractivity contribution in [3.8, 4) is 5.75 Å². The average molecular weight is 276 g/mol. The van der Waals surface area contributed by atoms with E-state index in [1.165, 1.54) is 11.6 Å². The molecule has 0 aromatic heterocycles. The van der Waals surface area contributed by atoms with Crippen LogP contribution < -0.4 is 15.4 Å². The van der Waals surface area contributed by atoms with Crippen molar-refractivity contribution in [1.29, 1.82) is 0 Å². The minimum absolute atomic E-state index is 0.206. The molecule has 3 amide bonds. The van der Waals surface area contributed by atoms with Crippen LogP contribution >= 0.6 is 0 Å². The normalized spacial score (nSPS) is 9.95. The molecule has 0 unspecified atom stereocenters. The Bertz CT molecular complexity index is 467. The van der Waals surface area contributed by atoms with E-state index in [0.717, 1.165) is 0 Å². The molecule has 0 fully saturated rings. The minimum atomic E-state index is -0.561. The van der Waals surface area contributed by atoms with E-state index in [4.69, 9.17) is 4.74 Å². The second-order valence-corrected chi connectivity index (χ2v) is 4.56. The highest BCUT2D eigenvalue weighted by molar-refractivity contribution is 5.95. The predicted molar refractivity (Wildman–Crippen MR) is 77.8 cm³/mol. The van der Waals surface area contributed by atoms with Crippen molar-refractivity contribution in [3.63, 3.8) is 0 Å². The quantitative estimate of drug-likeness (QED) is 0.783. The Morgan fingerprint density at radius 3 is 2.50 bits per heavy atom. The van der Waals surface area contributed by atoms with Crippen LogP contribution in [-0.2, 0) is 4.79 Å². The maximum atomic E-state index is 11.4. The van der Waals surface area contributed by atoms with Crippen LogP contribution in [0.15, 0.2) is 36.9 Å². The number of ether oxygens (including phenoxy) is 1. The summed E-state index contributed by atoms with van der Waals surface area (Å²) in [5.41, 5.74) is 1.20. The largest absolute Gasteiger partial charge is 0.484 e. The Labute approximate surface area is 119 Å². The molecule has 0 aliphatic heterocycles. The number of carbonyl (C=O) groups excluding carboxylic acids is 2. The Balaban J connectivity index is 2.37. The van der Waals surface area contributed by atoms with Crippen molar-refractivity contribution >= 4 is 11.9 Å². The molecular weight excluding hydrogens is 256 g/mol.